The van der Waals surface area contributed by atoms with Crippen molar-refractivity contribution >= 4 is 23.5 Å². The first-order valence-electron chi connectivity index (χ1n) is 11.8. The lowest BCUT2D eigenvalue weighted by molar-refractivity contribution is -0.150. The molecule has 0 aliphatic rings. The number of rotatable bonds is 12. The van der Waals surface area contributed by atoms with Crippen LogP contribution < -0.4 is 5.32 Å². The Bertz CT molecular complexity index is 1170. The highest BCUT2D eigenvalue weighted by Crippen LogP contribution is 2.27. The number of carbonyl (C=O) groups excluding carboxylic acids is 2. The van der Waals surface area contributed by atoms with E-state index in [4.69, 9.17) is 25.6 Å². The molecule has 1 heterocycles. The van der Waals surface area contributed by atoms with Crippen LogP contribution in [0.25, 0.3) is 11.1 Å². The molecule has 0 spiro atoms. The Balaban J connectivity index is 1.81. The molecule has 2 aromatic carbocycles. The van der Waals surface area contributed by atoms with Gasteiger partial charge in [-0.25, -0.2) is 4.39 Å². The number of hydrogen-bond acceptors (Lipinski definition) is 6. The topological polar surface area (TPSA) is 90.7 Å². The van der Waals surface area contributed by atoms with Crippen LogP contribution in [-0.2, 0) is 27.1 Å². The zero-order valence-corrected chi connectivity index (χ0v) is 21.3. The lowest BCUT2D eigenvalue weighted by Crippen LogP contribution is -2.40. The largest absolute Gasteiger partial charge is 0.466 e. The fourth-order valence-corrected chi connectivity index (χ4v) is 4.07. The quantitative estimate of drug-likeness (QED) is 0.330. The van der Waals surface area contributed by atoms with Crippen LogP contribution in [0.2, 0.25) is 5.02 Å². The number of amides is 1. The van der Waals surface area contributed by atoms with E-state index in [1.54, 1.807) is 31.2 Å². The molecular weight excluding hydrogens is 487 g/mol. The van der Waals surface area contributed by atoms with Crippen molar-refractivity contribution in [3.05, 3.63) is 76.4 Å². The molecule has 0 aliphatic heterocycles. The molecule has 9 heteroatoms. The molecule has 0 saturated heterocycles. The average Bonchev–Trinajstić information content (AvgIpc) is 3.35. The summed E-state index contributed by atoms with van der Waals surface area (Å²) in [7, 11) is 1.51. The highest BCUT2D eigenvalue weighted by molar-refractivity contribution is 6.30. The Morgan fingerprint density at radius 2 is 1.89 bits per heavy atom. The van der Waals surface area contributed by atoms with Crippen molar-refractivity contribution in [2.24, 2.45) is 5.92 Å². The van der Waals surface area contributed by atoms with Gasteiger partial charge in [-0.1, -0.05) is 47.9 Å². The van der Waals surface area contributed by atoms with Gasteiger partial charge in [0.25, 0.3) is 5.91 Å². The van der Waals surface area contributed by atoms with Crippen molar-refractivity contribution in [1.29, 1.82) is 0 Å². The fourth-order valence-electron chi connectivity index (χ4n) is 3.90. The second-order valence-corrected chi connectivity index (χ2v) is 8.81. The molecule has 36 heavy (non-hydrogen) atoms. The van der Waals surface area contributed by atoms with Crippen molar-refractivity contribution in [2.45, 2.75) is 39.2 Å². The maximum Gasteiger partial charge on any atom is 0.311 e. The number of benzene rings is 2. The van der Waals surface area contributed by atoms with Crippen LogP contribution in [0.4, 0.5) is 4.39 Å². The summed E-state index contributed by atoms with van der Waals surface area (Å²) in [6.45, 7) is 4.05. The predicted molar refractivity (Wildman–Crippen MR) is 134 cm³/mol. The van der Waals surface area contributed by atoms with E-state index in [1.807, 2.05) is 19.1 Å². The first-order chi connectivity index (χ1) is 17.3. The molecule has 1 amide bonds. The lowest BCUT2D eigenvalue weighted by Gasteiger charge is -2.23. The average molecular weight is 517 g/mol. The number of carbonyl (C=O) groups is 2. The van der Waals surface area contributed by atoms with E-state index in [-0.39, 0.29) is 31.2 Å². The van der Waals surface area contributed by atoms with Gasteiger partial charge in [0.2, 0.25) is 5.76 Å². The standard InChI is InChI=1S/C27H30ClFN2O5/c1-4-21-15-25(36-31-21)26(32)30-22(13-19(16-34-3)27(33)35-5-2)12-17-6-8-18(9-7-17)23-14-20(28)10-11-24(23)29/h6-11,14-15,19,22H,4-5,12-13,16H2,1-3H3,(H,30,32)/t19?,22-/m1/s1. The zero-order chi connectivity index (χ0) is 26.1. The summed E-state index contributed by atoms with van der Waals surface area (Å²) in [4.78, 5) is 25.4. The third-order valence-electron chi connectivity index (χ3n) is 5.71. The molecule has 1 unspecified atom stereocenters. The van der Waals surface area contributed by atoms with Crippen molar-refractivity contribution in [2.75, 3.05) is 20.3 Å². The van der Waals surface area contributed by atoms with E-state index in [9.17, 15) is 14.0 Å². The summed E-state index contributed by atoms with van der Waals surface area (Å²) in [5.41, 5.74) is 2.64. The lowest BCUT2D eigenvalue weighted by atomic mass is 9.94. The summed E-state index contributed by atoms with van der Waals surface area (Å²) in [5.74, 6) is -1.65. The third kappa shape index (κ3) is 7.38. The van der Waals surface area contributed by atoms with Gasteiger partial charge < -0.3 is 19.3 Å². The van der Waals surface area contributed by atoms with Gasteiger partial charge in [0.15, 0.2) is 0 Å². The summed E-state index contributed by atoms with van der Waals surface area (Å²) >= 11 is 6.03. The zero-order valence-electron chi connectivity index (χ0n) is 20.6. The molecule has 0 radical (unpaired) electrons. The molecule has 192 valence electrons. The Morgan fingerprint density at radius 1 is 1.14 bits per heavy atom. The van der Waals surface area contributed by atoms with Crippen molar-refractivity contribution in [3.8, 4) is 11.1 Å². The minimum absolute atomic E-state index is 0.100. The number of ether oxygens (including phenoxy) is 2. The Hall–Kier alpha value is -3.23. The summed E-state index contributed by atoms with van der Waals surface area (Å²) in [6, 6.07) is 12.9. The normalized spacial score (nSPS) is 12.7. The summed E-state index contributed by atoms with van der Waals surface area (Å²) < 4.78 is 29.9. The van der Waals surface area contributed by atoms with E-state index in [0.717, 1.165) is 5.56 Å². The molecule has 0 bridgehead atoms. The smallest absolute Gasteiger partial charge is 0.311 e. The van der Waals surface area contributed by atoms with E-state index >= 15 is 0 Å². The molecule has 1 N–H and O–H groups in total. The number of methoxy groups -OCH3 is 1. The molecule has 0 aliphatic carbocycles. The van der Waals surface area contributed by atoms with Gasteiger partial charge in [-0.15, -0.1) is 0 Å². The molecule has 7 nitrogen and oxygen atoms in total. The molecule has 1 aromatic heterocycles. The van der Waals surface area contributed by atoms with Crippen molar-refractivity contribution < 1.29 is 28.0 Å². The van der Waals surface area contributed by atoms with Crippen LogP contribution in [-0.4, -0.2) is 43.4 Å². The molecule has 3 rings (SSSR count). The maximum absolute atomic E-state index is 14.3. The number of esters is 1. The van der Waals surface area contributed by atoms with E-state index < -0.39 is 23.8 Å². The Kier molecular flexibility index (Phi) is 10.0. The van der Waals surface area contributed by atoms with E-state index in [1.165, 1.54) is 19.2 Å². The van der Waals surface area contributed by atoms with Crippen LogP contribution in [0, 0.1) is 11.7 Å². The number of halogens is 2. The van der Waals surface area contributed by atoms with Crippen LogP contribution in [0.1, 0.15) is 42.1 Å². The molecular formula is C27H30ClFN2O5. The Morgan fingerprint density at radius 3 is 2.53 bits per heavy atom. The minimum atomic E-state index is -0.569. The first-order valence-corrected chi connectivity index (χ1v) is 12.2. The second kappa shape index (κ2) is 13.2. The van der Waals surface area contributed by atoms with Gasteiger partial charge in [0, 0.05) is 29.8 Å². The number of nitrogens with one attached hydrogen (secondary N) is 1. The first kappa shape index (κ1) is 27.4. The third-order valence-corrected chi connectivity index (χ3v) is 5.95. The number of aryl methyl sites for hydroxylation is 1. The van der Waals surface area contributed by atoms with Gasteiger partial charge in [0.05, 0.1) is 24.8 Å². The van der Waals surface area contributed by atoms with Crippen molar-refractivity contribution in [1.82, 2.24) is 10.5 Å². The van der Waals surface area contributed by atoms with Crippen molar-refractivity contribution in [3.63, 3.8) is 0 Å². The summed E-state index contributed by atoms with van der Waals surface area (Å²) in [5, 5.41) is 7.27. The van der Waals surface area contributed by atoms with Crippen LogP contribution >= 0.6 is 11.6 Å². The van der Waals surface area contributed by atoms with Crippen LogP contribution in [0.15, 0.2) is 53.1 Å². The number of hydrogen-bond donors (Lipinski definition) is 1. The highest BCUT2D eigenvalue weighted by Gasteiger charge is 2.27. The second-order valence-electron chi connectivity index (χ2n) is 8.37. The maximum atomic E-state index is 14.3. The van der Waals surface area contributed by atoms with Gasteiger partial charge in [-0.05, 0) is 55.5 Å². The Labute approximate surface area is 214 Å². The van der Waals surface area contributed by atoms with E-state index in [2.05, 4.69) is 10.5 Å². The summed E-state index contributed by atoms with van der Waals surface area (Å²) in [6.07, 6.45) is 1.34. The minimum Gasteiger partial charge on any atom is -0.466 e. The number of nitrogens with zero attached hydrogens (tertiary/aromatic N) is 1. The molecule has 0 fully saturated rings. The predicted octanol–water partition coefficient (Wildman–Crippen LogP) is 5.25. The SMILES string of the molecule is CCOC(=O)C(COC)C[C@@H](Cc1ccc(-c2cc(Cl)ccc2F)cc1)NC(=O)c1cc(CC)no1. The van der Waals surface area contributed by atoms with Gasteiger partial charge in [-0.2, -0.15) is 0 Å². The number of aromatic nitrogens is 1. The molecule has 3 aromatic rings. The fraction of sp³-hybridized carbons (Fsp3) is 0.370. The molecule has 0 saturated carbocycles. The van der Waals surface area contributed by atoms with Crippen LogP contribution in [0.3, 0.4) is 0 Å². The van der Waals surface area contributed by atoms with Crippen LogP contribution in [0.5, 0.6) is 0 Å². The van der Waals surface area contributed by atoms with Gasteiger partial charge in [0.1, 0.15) is 5.82 Å². The monoisotopic (exact) mass is 516 g/mol. The van der Waals surface area contributed by atoms with Gasteiger partial charge >= 0.3 is 5.97 Å². The van der Waals surface area contributed by atoms with E-state index in [0.29, 0.717) is 34.7 Å². The highest BCUT2D eigenvalue weighted by atomic mass is 35.5. The molecule has 2 atom stereocenters. The van der Waals surface area contributed by atoms with Gasteiger partial charge in [-0.3, -0.25) is 9.59 Å².